The topological polar surface area (TPSA) is 15.3 Å². The Morgan fingerprint density at radius 3 is 3.05 bits per heavy atom. The van der Waals surface area contributed by atoms with E-state index in [4.69, 9.17) is 0 Å². The molecule has 0 saturated carbocycles. The van der Waals surface area contributed by atoms with Crippen LogP contribution in [0.2, 0.25) is 0 Å². The third-order valence-electron chi connectivity index (χ3n) is 2.61. The van der Waals surface area contributed by atoms with E-state index in [1.165, 1.54) is 10.6 Å². The van der Waals surface area contributed by atoms with Gasteiger partial charge in [-0.2, -0.15) is 0 Å². The van der Waals surface area contributed by atoms with Crippen LogP contribution < -0.4 is 5.32 Å². The zero-order chi connectivity index (χ0) is 13.5. The molecule has 0 amide bonds. The number of nitrogens with one attached hydrogen (secondary N) is 1. The van der Waals surface area contributed by atoms with Gasteiger partial charge in [-0.15, -0.1) is 0 Å². The molecule has 1 aliphatic heterocycles. The van der Waals surface area contributed by atoms with Gasteiger partial charge >= 0.3 is 0 Å². The van der Waals surface area contributed by atoms with Gasteiger partial charge in [0.2, 0.25) is 0 Å². The number of para-hydroxylation sites is 1. The highest BCUT2D eigenvalue weighted by Crippen LogP contribution is 2.30. The van der Waals surface area contributed by atoms with E-state index in [1.54, 1.807) is 18.0 Å². The Morgan fingerprint density at radius 2 is 2.21 bits per heavy atom. The molecule has 1 heterocycles. The lowest BCUT2D eigenvalue weighted by Crippen LogP contribution is -2.05. The summed E-state index contributed by atoms with van der Waals surface area (Å²) in [5, 5.41) is 3.42. The number of benzene rings is 1. The van der Waals surface area contributed by atoms with Crippen LogP contribution in [0.25, 0.3) is 0 Å². The van der Waals surface area contributed by atoms with Crippen LogP contribution in [0.15, 0.2) is 77.9 Å². The summed E-state index contributed by atoms with van der Waals surface area (Å²) in [6, 6.07) is 8.34. The summed E-state index contributed by atoms with van der Waals surface area (Å²) < 4.78 is 2.11. The Morgan fingerprint density at radius 1 is 1.37 bits per heavy atom. The maximum Gasteiger partial charge on any atom is 0.0518 e. The van der Waals surface area contributed by atoms with Gasteiger partial charge in [-0.25, -0.2) is 0 Å². The molecular formula is C16H18N2S. The van der Waals surface area contributed by atoms with Crippen molar-refractivity contribution in [3.05, 3.63) is 73.0 Å². The van der Waals surface area contributed by atoms with Crippen molar-refractivity contribution in [3.8, 4) is 0 Å². The quantitative estimate of drug-likeness (QED) is 0.639. The molecule has 0 spiro atoms. The molecule has 0 radical (unpaired) electrons. The fourth-order valence-corrected chi connectivity index (χ4v) is 2.63. The van der Waals surface area contributed by atoms with Crippen LogP contribution in [0.1, 0.15) is 0 Å². The Labute approximate surface area is 119 Å². The monoisotopic (exact) mass is 270 g/mol. The van der Waals surface area contributed by atoms with Gasteiger partial charge in [-0.05, 0) is 29.7 Å². The van der Waals surface area contributed by atoms with Crippen molar-refractivity contribution in [2.24, 2.45) is 0 Å². The zero-order valence-electron chi connectivity index (χ0n) is 11.0. The van der Waals surface area contributed by atoms with Gasteiger partial charge in [0.05, 0.1) is 4.90 Å². The number of hydrogen-bond donors (Lipinski definition) is 1. The van der Waals surface area contributed by atoms with Crippen LogP contribution in [-0.4, -0.2) is 17.9 Å². The Hall–Kier alpha value is -1.87. The first-order chi connectivity index (χ1) is 9.29. The summed E-state index contributed by atoms with van der Waals surface area (Å²) in [6.07, 6.45) is 12.1. The van der Waals surface area contributed by atoms with E-state index >= 15 is 0 Å². The average Bonchev–Trinajstić information content (AvgIpc) is 2.42. The van der Waals surface area contributed by atoms with E-state index in [2.05, 4.69) is 65.9 Å². The van der Waals surface area contributed by atoms with Crippen molar-refractivity contribution in [2.45, 2.75) is 4.90 Å². The molecule has 19 heavy (non-hydrogen) atoms. The van der Waals surface area contributed by atoms with E-state index in [0.29, 0.717) is 0 Å². The maximum absolute atomic E-state index is 3.70. The molecule has 2 rings (SSSR count). The third-order valence-corrected chi connectivity index (χ3v) is 3.55. The van der Waals surface area contributed by atoms with E-state index in [9.17, 15) is 0 Å². The second kappa shape index (κ2) is 6.90. The first kappa shape index (κ1) is 13.6. The van der Waals surface area contributed by atoms with Crippen LogP contribution >= 0.6 is 11.9 Å². The molecule has 98 valence electrons. The summed E-state index contributed by atoms with van der Waals surface area (Å²) in [5.74, 6) is 0. The lowest BCUT2D eigenvalue weighted by molar-refractivity contribution is 0.769. The minimum atomic E-state index is 0.820. The third kappa shape index (κ3) is 4.07. The number of allylic oxidation sites excluding steroid dienone is 5. The summed E-state index contributed by atoms with van der Waals surface area (Å²) in [7, 11) is 2.05. The van der Waals surface area contributed by atoms with Crippen LogP contribution in [0.4, 0.5) is 5.69 Å². The van der Waals surface area contributed by atoms with Gasteiger partial charge in [0.25, 0.3) is 0 Å². The zero-order valence-corrected chi connectivity index (χ0v) is 11.9. The highest BCUT2D eigenvalue weighted by atomic mass is 32.2. The first-order valence-corrected chi connectivity index (χ1v) is 6.98. The summed E-state index contributed by atoms with van der Waals surface area (Å²) in [6.45, 7) is 4.52. The van der Waals surface area contributed by atoms with Crippen LogP contribution in [0.3, 0.4) is 0 Å². The Bertz CT molecular complexity index is 529. The molecule has 1 aromatic rings. The molecular weight excluding hydrogens is 252 g/mol. The van der Waals surface area contributed by atoms with Crippen LogP contribution in [-0.2, 0) is 0 Å². The van der Waals surface area contributed by atoms with Crippen molar-refractivity contribution >= 4 is 17.6 Å². The molecule has 3 heteroatoms. The van der Waals surface area contributed by atoms with Crippen molar-refractivity contribution in [1.29, 1.82) is 0 Å². The maximum atomic E-state index is 3.70. The summed E-state index contributed by atoms with van der Waals surface area (Å²) in [4.78, 5) is 1.23. The Balaban J connectivity index is 2.27. The standard InChI is InChI=1S/C16H18N2S/c1-3-4-8-14-9-7-12-17-15-10-5-6-11-16(15)19-18(2)13-14/h3-11,13,17H,1,12H2,2H3/b8-4-,9-7-,14-13-. The van der Waals surface area contributed by atoms with E-state index < -0.39 is 0 Å². The molecule has 0 aliphatic carbocycles. The fraction of sp³-hybridized carbons (Fsp3) is 0.125. The van der Waals surface area contributed by atoms with Crippen LogP contribution in [0.5, 0.6) is 0 Å². The van der Waals surface area contributed by atoms with Gasteiger partial charge < -0.3 is 9.62 Å². The smallest absolute Gasteiger partial charge is 0.0518 e. The number of fused-ring (bicyclic) bond motifs is 1. The minimum Gasteiger partial charge on any atom is -0.381 e. The van der Waals surface area contributed by atoms with Crippen molar-refractivity contribution < 1.29 is 0 Å². The summed E-state index contributed by atoms with van der Waals surface area (Å²) in [5.41, 5.74) is 2.32. The fourth-order valence-electron chi connectivity index (χ4n) is 1.77. The summed E-state index contributed by atoms with van der Waals surface area (Å²) >= 11 is 1.71. The molecule has 1 N–H and O–H groups in total. The van der Waals surface area contributed by atoms with E-state index in [1.807, 2.05) is 12.2 Å². The second-order valence-electron chi connectivity index (χ2n) is 4.14. The highest BCUT2D eigenvalue weighted by Gasteiger charge is 2.05. The van der Waals surface area contributed by atoms with Gasteiger partial charge in [-0.3, -0.25) is 0 Å². The molecule has 1 aromatic carbocycles. The molecule has 0 unspecified atom stereocenters. The van der Waals surface area contributed by atoms with Crippen molar-refractivity contribution in [3.63, 3.8) is 0 Å². The number of rotatable bonds is 2. The number of hydrogen-bond acceptors (Lipinski definition) is 3. The molecule has 0 saturated heterocycles. The number of nitrogens with zero attached hydrogens (tertiary/aromatic N) is 1. The molecule has 0 atom stereocenters. The molecule has 2 nitrogen and oxygen atoms in total. The molecule has 0 fully saturated rings. The normalized spacial score (nSPS) is 20.1. The molecule has 0 aromatic heterocycles. The van der Waals surface area contributed by atoms with E-state index in [-0.39, 0.29) is 0 Å². The van der Waals surface area contributed by atoms with Crippen LogP contribution in [0, 0.1) is 0 Å². The largest absolute Gasteiger partial charge is 0.381 e. The molecule has 1 aliphatic rings. The molecule has 0 bridgehead atoms. The highest BCUT2D eigenvalue weighted by molar-refractivity contribution is 7.97. The van der Waals surface area contributed by atoms with Gasteiger partial charge in [0, 0.05) is 25.5 Å². The SMILES string of the molecule is C=C\C=C/C1=C/N(C)Sc2ccccc2NC/C=C\1. The Kier molecular flexibility index (Phi) is 4.93. The van der Waals surface area contributed by atoms with Crippen molar-refractivity contribution in [2.75, 3.05) is 18.9 Å². The van der Waals surface area contributed by atoms with Gasteiger partial charge in [0.15, 0.2) is 0 Å². The lowest BCUT2D eigenvalue weighted by Gasteiger charge is -2.18. The van der Waals surface area contributed by atoms with Gasteiger partial charge in [0.1, 0.15) is 0 Å². The van der Waals surface area contributed by atoms with Gasteiger partial charge in [-0.1, -0.05) is 49.1 Å². The second-order valence-corrected chi connectivity index (χ2v) is 5.34. The van der Waals surface area contributed by atoms with E-state index in [0.717, 1.165) is 12.1 Å². The number of anilines is 1. The minimum absolute atomic E-state index is 0.820. The lowest BCUT2D eigenvalue weighted by atomic mass is 10.2. The predicted octanol–water partition coefficient (Wildman–Crippen LogP) is 4.23. The predicted molar refractivity (Wildman–Crippen MR) is 85.1 cm³/mol. The first-order valence-electron chi connectivity index (χ1n) is 6.21. The van der Waals surface area contributed by atoms with Crippen molar-refractivity contribution in [1.82, 2.24) is 4.31 Å². The average molecular weight is 270 g/mol.